The summed E-state index contributed by atoms with van der Waals surface area (Å²) in [5, 5.41) is 11.2. The van der Waals surface area contributed by atoms with Crippen molar-refractivity contribution in [3.63, 3.8) is 0 Å². The minimum absolute atomic E-state index is 0.343. The maximum Gasteiger partial charge on any atom is 0.194 e. The van der Waals surface area contributed by atoms with Crippen molar-refractivity contribution < 1.29 is 9.84 Å². The Labute approximate surface area is 87.7 Å². The summed E-state index contributed by atoms with van der Waals surface area (Å²) in [5.74, 6) is 0.343. The number of unbranched alkanes of at least 4 members (excludes halogenated alkanes) is 5. The van der Waals surface area contributed by atoms with Gasteiger partial charge in [0, 0.05) is 12.5 Å². The van der Waals surface area contributed by atoms with E-state index < -0.39 is 6.29 Å². The van der Waals surface area contributed by atoms with Gasteiger partial charge in [0.2, 0.25) is 0 Å². The molecular weight excluding hydrogens is 176 g/mol. The normalized spacial score (nSPS) is 18.4. The van der Waals surface area contributed by atoms with Crippen LogP contribution < -0.4 is 0 Å². The summed E-state index contributed by atoms with van der Waals surface area (Å²) < 4.78 is 5.22. The molecule has 1 fully saturated rings. The molecule has 2 nitrogen and oxygen atoms in total. The third-order valence-corrected chi connectivity index (χ3v) is 2.79. The summed E-state index contributed by atoms with van der Waals surface area (Å²) in [7, 11) is 0. The van der Waals surface area contributed by atoms with Gasteiger partial charge in [0.15, 0.2) is 6.29 Å². The van der Waals surface area contributed by atoms with Crippen LogP contribution in [0.25, 0.3) is 0 Å². The van der Waals surface area contributed by atoms with Gasteiger partial charge in [-0.1, -0.05) is 39.0 Å². The summed E-state index contributed by atoms with van der Waals surface area (Å²) in [6, 6.07) is 0. The van der Waals surface area contributed by atoms with E-state index >= 15 is 0 Å². The lowest BCUT2D eigenvalue weighted by Crippen LogP contribution is -2.13. The Morgan fingerprint density at radius 1 is 1.14 bits per heavy atom. The number of rotatable bonds is 9. The van der Waals surface area contributed by atoms with Crippen LogP contribution in [0.5, 0.6) is 0 Å². The standard InChI is InChI=1S/C12H23O2/c1-2-3-4-5-6-7-10-14-12(13)11-8-9-11/h11-12H,2-10H2,1H3. The molecule has 83 valence electrons. The van der Waals surface area contributed by atoms with Crippen molar-refractivity contribution in [3.05, 3.63) is 0 Å². The largest absolute Gasteiger partial charge is 0.349 e. The van der Waals surface area contributed by atoms with Gasteiger partial charge in [-0.05, 0) is 19.3 Å². The molecule has 0 bridgehead atoms. The molecule has 14 heavy (non-hydrogen) atoms. The van der Waals surface area contributed by atoms with Crippen LogP contribution in [-0.2, 0) is 9.84 Å². The van der Waals surface area contributed by atoms with Gasteiger partial charge in [-0.2, -0.15) is 0 Å². The zero-order valence-electron chi connectivity index (χ0n) is 9.34. The monoisotopic (exact) mass is 199 g/mol. The van der Waals surface area contributed by atoms with Gasteiger partial charge in [0.05, 0.1) is 0 Å². The van der Waals surface area contributed by atoms with E-state index in [0.717, 1.165) is 19.3 Å². The molecule has 0 spiro atoms. The maximum atomic E-state index is 11.2. The first-order valence-corrected chi connectivity index (χ1v) is 6.12. The van der Waals surface area contributed by atoms with Crippen molar-refractivity contribution in [1.29, 1.82) is 0 Å². The first-order chi connectivity index (χ1) is 6.84. The lowest BCUT2D eigenvalue weighted by Gasteiger charge is -2.08. The van der Waals surface area contributed by atoms with Crippen molar-refractivity contribution in [2.24, 2.45) is 5.92 Å². The summed E-state index contributed by atoms with van der Waals surface area (Å²) >= 11 is 0. The van der Waals surface area contributed by atoms with Crippen molar-refractivity contribution in [1.82, 2.24) is 0 Å². The Kier molecular flexibility index (Phi) is 6.20. The Hall–Kier alpha value is -0.0800. The number of hydrogen-bond acceptors (Lipinski definition) is 1. The van der Waals surface area contributed by atoms with Gasteiger partial charge in [0.25, 0.3) is 0 Å². The predicted molar refractivity (Wildman–Crippen MR) is 56.5 cm³/mol. The molecule has 1 unspecified atom stereocenters. The highest BCUT2D eigenvalue weighted by atomic mass is 16.6. The molecule has 0 aliphatic heterocycles. The highest BCUT2D eigenvalue weighted by molar-refractivity contribution is 4.75. The second-order valence-electron chi connectivity index (χ2n) is 4.34. The molecule has 0 N–H and O–H groups in total. The third kappa shape index (κ3) is 5.61. The van der Waals surface area contributed by atoms with E-state index in [1.807, 2.05) is 0 Å². The zero-order chi connectivity index (χ0) is 10.2. The first-order valence-electron chi connectivity index (χ1n) is 6.12. The Balaban J connectivity index is 1.75. The SMILES string of the molecule is CCCCCCCCOC([O])C1CC1. The van der Waals surface area contributed by atoms with E-state index in [1.165, 1.54) is 32.1 Å². The Bertz CT molecular complexity index is 132. The molecule has 0 aromatic rings. The molecule has 1 radical (unpaired) electrons. The van der Waals surface area contributed by atoms with Gasteiger partial charge >= 0.3 is 0 Å². The molecule has 2 heteroatoms. The van der Waals surface area contributed by atoms with Crippen molar-refractivity contribution in [2.75, 3.05) is 6.61 Å². The van der Waals surface area contributed by atoms with Crippen LogP contribution in [0.15, 0.2) is 0 Å². The number of ether oxygens (including phenoxy) is 1. The average Bonchev–Trinajstić information content (AvgIpc) is 2.99. The highest BCUT2D eigenvalue weighted by Gasteiger charge is 2.31. The quantitative estimate of drug-likeness (QED) is 0.412. The van der Waals surface area contributed by atoms with E-state index in [1.54, 1.807) is 0 Å². The minimum Gasteiger partial charge on any atom is -0.349 e. The molecule has 0 saturated heterocycles. The van der Waals surface area contributed by atoms with Gasteiger partial charge in [-0.25, -0.2) is 5.11 Å². The maximum absolute atomic E-state index is 11.2. The predicted octanol–water partition coefficient (Wildman–Crippen LogP) is 3.53. The van der Waals surface area contributed by atoms with Gasteiger partial charge < -0.3 is 4.74 Å². The minimum atomic E-state index is -0.717. The number of hydrogen-bond donors (Lipinski definition) is 0. The molecule has 0 aromatic heterocycles. The lowest BCUT2D eigenvalue weighted by atomic mass is 10.1. The molecule has 1 atom stereocenters. The summed E-state index contributed by atoms with van der Waals surface area (Å²) in [6.07, 6.45) is 9.01. The third-order valence-electron chi connectivity index (χ3n) is 2.79. The van der Waals surface area contributed by atoms with Crippen molar-refractivity contribution in [3.8, 4) is 0 Å². The van der Waals surface area contributed by atoms with Crippen LogP contribution in [0.1, 0.15) is 58.3 Å². The smallest absolute Gasteiger partial charge is 0.194 e. The topological polar surface area (TPSA) is 29.1 Å². The van der Waals surface area contributed by atoms with Crippen LogP contribution in [0, 0.1) is 5.92 Å². The van der Waals surface area contributed by atoms with Crippen LogP contribution in [0.3, 0.4) is 0 Å². The molecule has 0 amide bonds. The molecule has 0 heterocycles. The summed E-state index contributed by atoms with van der Waals surface area (Å²) in [4.78, 5) is 0. The van der Waals surface area contributed by atoms with Gasteiger partial charge in [-0.15, -0.1) is 0 Å². The van der Waals surface area contributed by atoms with E-state index in [9.17, 15) is 5.11 Å². The molecule has 1 aliphatic carbocycles. The van der Waals surface area contributed by atoms with Gasteiger partial charge in [-0.3, -0.25) is 0 Å². The highest BCUT2D eigenvalue weighted by Crippen LogP contribution is 2.33. The molecule has 0 aromatic carbocycles. The van der Waals surface area contributed by atoms with E-state index in [-0.39, 0.29) is 0 Å². The molecule has 1 saturated carbocycles. The molecular formula is C12H23O2. The first kappa shape index (κ1) is 12.0. The fourth-order valence-electron chi connectivity index (χ4n) is 1.59. The Morgan fingerprint density at radius 3 is 2.43 bits per heavy atom. The fraction of sp³-hybridized carbons (Fsp3) is 1.00. The fourth-order valence-corrected chi connectivity index (χ4v) is 1.59. The van der Waals surface area contributed by atoms with Gasteiger partial charge in [0.1, 0.15) is 0 Å². The van der Waals surface area contributed by atoms with Crippen molar-refractivity contribution in [2.45, 2.75) is 64.6 Å². The lowest BCUT2D eigenvalue weighted by molar-refractivity contribution is -0.152. The second-order valence-corrected chi connectivity index (χ2v) is 4.34. The van der Waals surface area contributed by atoms with Crippen LogP contribution >= 0.6 is 0 Å². The van der Waals surface area contributed by atoms with Crippen LogP contribution in [0.2, 0.25) is 0 Å². The van der Waals surface area contributed by atoms with E-state index in [2.05, 4.69) is 6.92 Å². The molecule has 1 aliphatic rings. The summed E-state index contributed by atoms with van der Waals surface area (Å²) in [5.41, 5.74) is 0. The average molecular weight is 199 g/mol. The zero-order valence-corrected chi connectivity index (χ0v) is 9.34. The Morgan fingerprint density at radius 2 is 1.79 bits per heavy atom. The second kappa shape index (κ2) is 7.24. The van der Waals surface area contributed by atoms with E-state index in [4.69, 9.17) is 4.74 Å². The van der Waals surface area contributed by atoms with E-state index in [0.29, 0.717) is 12.5 Å². The van der Waals surface area contributed by atoms with Crippen LogP contribution in [0.4, 0.5) is 0 Å². The molecule has 1 rings (SSSR count). The van der Waals surface area contributed by atoms with Crippen molar-refractivity contribution >= 4 is 0 Å². The van der Waals surface area contributed by atoms with Crippen LogP contribution in [-0.4, -0.2) is 12.9 Å². The summed E-state index contributed by atoms with van der Waals surface area (Å²) in [6.45, 7) is 2.90.